The number of hydrogen-bond acceptors (Lipinski definition) is 3. The Bertz CT molecular complexity index is 697. The van der Waals surface area contributed by atoms with Crippen LogP contribution < -0.4 is 10.6 Å². The predicted molar refractivity (Wildman–Crippen MR) is 83.4 cm³/mol. The van der Waals surface area contributed by atoms with Crippen LogP contribution in [-0.4, -0.2) is 32.2 Å². The molecule has 0 unspecified atom stereocenters. The number of morpholine rings is 1. The number of rotatable bonds is 3. The SMILES string of the molecule is NC(=O)c1ccccc1-c1cc(F)cc(N2CCOCC2)c1. The van der Waals surface area contributed by atoms with Gasteiger partial charge in [0.1, 0.15) is 5.82 Å². The van der Waals surface area contributed by atoms with Gasteiger partial charge >= 0.3 is 0 Å². The Kier molecular flexibility index (Phi) is 4.06. The zero-order valence-electron chi connectivity index (χ0n) is 12.1. The number of hydrogen-bond donors (Lipinski definition) is 1. The largest absolute Gasteiger partial charge is 0.378 e. The molecule has 1 aliphatic rings. The van der Waals surface area contributed by atoms with Crippen molar-refractivity contribution in [3.8, 4) is 11.1 Å². The van der Waals surface area contributed by atoms with E-state index in [1.807, 2.05) is 6.07 Å². The second kappa shape index (κ2) is 6.15. The summed E-state index contributed by atoms with van der Waals surface area (Å²) in [7, 11) is 0. The van der Waals surface area contributed by atoms with Crippen molar-refractivity contribution in [2.45, 2.75) is 0 Å². The Hall–Kier alpha value is -2.40. The highest BCUT2D eigenvalue weighted by atomic mass is 19.1. The third-order valence-corrected chi connectivity index (χ3v) is 3.76. The molecule has 0 atom stereocenters. The molecule has 3 rings (SSSR count). The van der Waals surface area contributed by atoms with Crippen LogP contribution in [0.4, 0.5) is 10.1 Å². The average Bonchev–Trinajstić information content (AvgIpc) is 2.55. The second-order valence-corrected chi connectivity index (χ2v) is 5.21. The van der Waals surface area contributed by atoms with Gasteiger partial charge in [-0.15, -0.1) is 0 Å². The van der Waals surface area contributed by atoms with E-state index in [-0.39, 0.29) is 5.82 Å². The van der Waals surface area contributed by atoms with Gasteiger partial charge in [0, 0.05) is 24.3 Å². The van der Waals surface area contributed by atoms with Crippen LogP contribution in [-0.2, 0) is 4.74 Å². The third kappa shape index (κ3) is 2.94. The minimum Gasteiger partial charge on any atom is -0.378 e. The molecular formula is C17H17FN2O2. The second-order valence-electron chi connectivity index (χ2n) is 5.21. The molecule has 2 aromatic rings. The van der Waals surface area contributed by atoms with Gasteiger partial charge in [-0.25, -0.2) is 4.39 Å². The molecule has 1 heterocycles. The number of benzene rings is 2. The van der Waals surface area contributed by atoms with Crippen LogP contribution in [0.1, 0.15) is 10.4 Å². The maximum atomic E-state index is 14.0. The lowest BCUT2D eigenvalue weighted by molar-refractivity contribution is 0.100. The molecule has 5 heteroatoms. The van der Waals surface area contributed by atoms with Crippen molar-refractivity contribution in [3.63, 3.8) is 0 Å². The van der Waals surface area contributed by atoms with Gasteiger partial charge in [-0.1, -0.05) is 18.2 Å². The zero-order chi connectivity index (χ0) is 15.5. The molecule has 22 heavy (non-hydrogen) atoms. The van der Waals surface area contributed by atoms with E-state index in [0.29, 0.717) is 29.9 Å². The fourth-order valence-electron chi connectivity index (χ4n) is 2.68. The highest BCUT2D eigenvalue weighted by Gasteiger charge is 2.15. The lowest BCUT2D eigenvalue weighted by atomic mass is 9.98. The first-order chi connectivity index (χ1) is 10.6. The van der Waals surface area contributed by atoms with Crippen molar-refractivity contribution in [1.29, 1.82) is 0 Å². The summed E-state index contributed by atoms with van der Waals surface area (Å²) in [6.07, 6.45) is 0. The molecule has 0 bridgehead atoms. The number of primary amides is 1. The van der Waals surface area contributed by atoms with Crippen molar-refractivity contribution in [3.05, 3.63) is 53.8 Å². The molecule has 1 fully saturated rings. The Morgan fingerprint density at radius 2 is 1.86 bits per heavy atom. The first-order valence-electron chi connectivity index (χ1n) is 7.17. The summed E-state index contributed by atoms with van der Waals surface area (Å²) in [5.74, 6) is -0.856. The minimum atomic E-state index is -0.521. The summed E-state index contributed by atoms with van der Waals surface area (Å²) in [4.78, 5) is 13.6. The normalized spacial score (nSPS) is 14.9. The molecule has 1 amide bonds. The van der Waals surface area contributed by atoms with E-state index in [1.54, 1.807) is 24.3 Å². The number of carbonyl (C=O) groups is 1. The molecule has 114 valence electrons. The molecule has 4 nitrogen and oxygen atoms in total. The summed E-state index contributed by atoms with van der Waals surface area (Å²) < 4.78 is 19.3. The number of anilines is 1. The summed E-state index contributed by atoms with van der Waals surface area (Å²) in [5, 5.41) is 0. The Balaban J connectivity index is 2.04. The van der Waals surface area contributed by atoms with Crippen molar-refractivity contribution in [2.75, 3.05) is 31.2 Å². The van der Waals surface area contributed by atoms with E-state index in [4.69, 9.17) is 10.5 Å². The van der Waals surface area contributed by atoms with Gasteiger partial charge in [0.25, 0.3) is 0 Å². The molecule has 0 radical (unpaired) electrons. The Morgan fingerprint density at radius 3 is 2.59 bits per heavy atom. The Labute approximate surface area is 128 Å². The van der Waals surface area contributed by atoms with E-state index in [9.17, 15) is 9.18 Å². The first kappa shape index (κ1) is 14.5. The molecule has 1 saturated heterocycles. The van der Waals surface area contributed by atoms with Crippen molar-refractivity contribution >= 4 is 11.6 Å². The molecule has 0 saturated carbocycles. The zero-order valence-corrected chi connectivity index (χ0v) is 12.1. The Morgan fingerprint density at radius 1 is 1.14 bits per heavy atom. The first-order valence-corrected chi connectivity index (χ1v) is 7.17. The van der Waals surface area contributed by atoms with Crippen LogP contribution >= 0.6 is 0 Å². The van der Waals surface area contributed by atoms with Gasteiger partial charge in [0.15, 0.2) is 0 Å². The molecule has 2 N–H and O–H groups in total. The summed E-state index contributed by atoms with van der Waals surface area (Å²) in [6.45, 7) is 2.70. The van der Waals surface area contributed by atoms with Gasteiger partial charge < -0.3 is 15.4 Å². The standard InChI is InChI=1S/C17H17FN2O2/c18-13-9-12(15-3-1-2-4-16(15)17(19)21)10-14(11-13)20-5-7-22-8-6-20/h1-4,9-11H,5-8H2,(H2,19,21). The highest BCUT2D eigenvalue weighted by molar-refractivity contribution is 6.00. The molecule has 0 aliphatic carbocycles. The van der Waals surface area contributed by atoms with Crippen LogP contribution in [0.15, 0.2) is 42.5 Å². The fraction of sp³-hybridized carbons (Fsp3) is 0.235. The van der Waals surface area contributed by atoms with Gasteiger partial charge in [-0.05, 0) is 35.4 Å². The van der Waals surface area contributed by atoms with Crippen LogP contribution in [0.3, 0.4) is 0 Å². The number of halogens is 1. The van der Waals surface area contributed by atoms with E-state index < -0.39 is 5.91 Å². The van der Waals surface area contributed by atoms with Crippen molar-refractivity contribution in [1.82, 2.24) is 0 Å². The summed E-state index contributed by atoms with van der Waals surface area (Å²) in [6, 6.07) is 11.8. The molecule has 1 aliphatic heterocycles. The van der Waals surface area contributed by atoms with E-state index >= 15 is 0 Å². The van der Waals surface area contributed by atoms with E-state index in [1.165, 1.54) is 12.1 Å². The van der Waals surface area contributed by atoms with E-state index in [2.05, 4.69) is 4.90 Å². The molecule has 0 aromatic heterocycles. The van der Waals surface area contributed by atoms with Gasteiger partial charge in [-0.2, -0.15) is 0 Å². The summed E-state index contributed by atoms with van der Waals surface area (Å²) >= 11 is 0. The predicted octanol–water partition coefficient (Wildman–Crippen LogP) is 2.43. The van der Waals surface area contributed by atoms with Crippen LogP contribution in [0.25, 0.3) is 11.1 Å². The lowest BCUT2D eigenvalue weighted by Crippen LogP contribution is -2.36. The molecule has 0 spiro atoms. The summed E-state index contributed by atoms with van der Waals surface area (Å²) in [5.41, 5.74) is 7.88. The monoisotopic (exact) mass is 300 g/mol. The highest BCUT2D eigenvalue weighted by Crippen LogP contribution is 2.29. The number of nitrogens with zero attached hydrogens (tertiary/aromatic N) is 1. The minimum absolute atomic E-state index is 0.335. The van der Waals surface area contributed by atoms with Crippen LogP contribution in [0, 0.1) is 5.82 Å². The lowest BCUT2D eigenvalue weighted by Gasteiger charge is -2.29. The maximum absolute atomic E-state index is 14.0. The van der Waals surface area contributed by atoms with Crippen molar-refractivity contribution in [2.24, 2.45) is 5.73 Å². The van der Waals surface area contributed by atoms with Gasteiger partial charge in [0.2, 0.25) is 5.91 Å². The quantitative estimate of drug-likeness (QED) is 0.947. The third-order valence-electron chi connectivity index (χ3n) is 3.76. The fourth-order valence-corrected chi connectivity index (χ4v) is 2.68. The average molecular weight is 300 g/mol. The topological polar surface area (TPSA) is 55.6 Å². The van der Waals surface area contributed by atoms with Crippen LogP contribution in [0.2, 0.25) is 0 Å². The van der Waals surface area contributed by atoms with Gasteiger partial charge in [0.05, 0.1) is 13.2 Å². The van der Waals surface area contributed by atoms with Gasteiger partial charge in [-0.3, -0.25) is 4.79 Å². The number of carbonyl (C=O) groups excluding carboxylic acids is 1. The number of amides is 1. The van der Waals surface area contributed by atoms with Crippen LogP contribution in [0.5, 0.6) is 0 Å². The smallest absolute Gasteiger partial charge is 0.249 e. The van der Waals surface area contributed by atoms with E-state index in [0.717, 1.165) is 18.8 Å². The molecular weight excluding hydrogens is 283 g/mol. The van der Waals surface area contributed by atoms with Crippen molar-refractivity contribution < 1.29 is 13.9 Å². The number of ether oxygens (including phenoxy) is 1. The number of nitrogens with two attached hydrogens (primary N) is 1. The maximum Gasteiger partial charge on any atom is 0.249 e. The molecule has 2 aromatic carbocycles.